The van der Waals surface area contributed by atoms with Crippen LogP contribution in [-0.4, -0.2) is 30.5 Å². The topological polar surface area (TPSA) is 72.8 Å². The zero-order valence-electron chi connectivity index (χ0n) is 13.3. The molecule has 0 aliphatic carbocycles. The van der Waals surface area contributed by atoms with Gasteiger partial charge in [-0.1, -0.05) is 24.6 Å². The molecule has 1 aromatic rings. The molecule has 5 nitrogen and oxygen atoms in total. The minimum Gasteiger partial charge on any atom is -0.535 e. The van der Waals surface area contributed by atoms with Crippen LogP contribution in [0.1, 0.15) is 49.0 Å². The Bertz CT molecular complexity index is 604. The van der Waals surface area contributed by atoms with Crippen LogP contribution in [0.15, 0.2) is 12.1 Å². The van der Waals surface area contributed by atoms with Gasteiger partial charge in [-0.25, -0.2) is 4.79 Å². The number of halogens is 1. The largest absolute Gasteiger partial charge is 0.535 e. The summed E-state index contributed by atoms with van der Waals surface area (Å²) >= 11 is 6.08. The Morgan fingerprint density at radius 3 is 2.83 bits per heavy atom. The molecule has 0 saturated heterocycles. The van der Waals surface area contributed by atoms with Crippen molar-refractivity contribution in [2.45, 2.75) is 45.3 Å². The van der Waals surface area contributed by atoms with E-state index in [4.69, 9.17) is 21.0 Å². The molecule has 124 valence electrons. The quantitative estimate of drug-likeness (QED) is 0.637. The van der Waals surface area contributed by atoms with Crippen molar-refractivity contribution in [2.24, 2.45) is 0 Å². The maximum atomic E-state index is 12.1. The molecule has 23 heavy (non-hydrogen) atoms. The van der Waals surface area contributed by atoms with Crippen LogP contribution in [0, 0.1) is 0 Å². The fraction of sp³-hybridized carbons (Fsp3) is 0.500. The lowest BCUT2D eigenvalue weighted by Crippen LogP contribution is -2.36. The number of Topliss-reactive ketones (excluding diaryl/α,β-unsaturated/α-hetero) is 1. The molecule has 1 atom stereocenters. The first-order valence-corrected chi connectivity index (χ1v) is 8.20. The van der Waals surface area contributed by atoms with Crippen molar-refractivity contribution in [1.82, 2.24) is 0 Å². The molecule has 1 heterocycles. The second-order valence-electron chi connectivity index (χ2n) is 5.60. The summed E-state index contributed by atoms with van der Waals surface area (Å²) in [6, 6.07) is 3.36. The van der Waals surface area contributed by atoms with E-state index >= 15 is 0 Å². The summed E-state index contributed by atoms with van der Waals surface area (Å²) in [4.78, 5) is 23.9. The molecule has 1 aliphatic rings. The highest BCUT2D eigenvalue weighted by atomic mass is 35.5. The van der Waals surface area contributed by atoms with Crippen molar-refractivity contribution in [2.75, 3.05) is 6.61 Å². The Kier molecular flexibility index (Phi) is 6.07. The van der Waals surface area contributed by atoms with Crippen LogP contribution in [0.5, 0.6) is 5.75 Å². The molecule has 1 aliphatic heterocycles. The fourth-order valence-electron chi connectivity index (χ4n) is 2.74. The van der Waals surface area contributed by atoms with E-state index in [9.17, 15) is 14.6 Å². The van der Waals surface area contributed by atoms with Gasteiger partial charge in [0.2, 0.25) is 0 Å². The molecule has 1 aromatic carbocycles. The zero-order chi connectivity index (χ0) is 17.0. The molecule has 2 rings (SSSR count). The predicted molar refractivity (Wildman–Crippen MR) is 88.0 cm³/mol. The van der Waals surface area contributed by atoms with Crippen LogP contribution in [0.25, 0.3) is 0 Å². The lowest BCUT2D eigenvalue weighted by molar-refractivity contribution is -0.119. The molecule has 0 spiro atoms. The summed E-state index contributed by atoms with van der Waals surface area (Å²) in [5, 5.41) is 10.4. The summed E-state index contributed by atoms with van der Waals surface area (Å²) < 4.78 is 10.5. The maximum Gasteiger partial charge on any atom is 0.526 e. The van der Waals surface area contributed by atoms with Gasteiger partial charge in [0.15, 0.2) is 0 Å². The van der Waals surface area contributed by atoms with Gasteiger partial charge in [0.1, 0.15) is 17.1 Å². The van der Waals surface area contributed by atoms with Gasteiger partial charge in [-0.2, -0.15) is 0 Å². The first kappa shape index (κ1) is 17.8. The number of carbonyl (C=O) groups is 2. The minimum absolute atomic E-state index is 0.100. The van der Waals surface area contributed by atoms with Gasteiger partial charge < -0.3 is 14.4 Å². The van der Waals surface area contributed by atoms with Crippen LogP contribution in [-0.2, 0) is 16.0 Å². The number of ketones is 1. The third kappa shape index (κ3) is 4.06. The number of ether oxygens (including phenoxy) is 1. The Balaban J connectivity index is 2.26. The normalized spacial score (nSPS) is 16.5. The summed E-state index contributed by atoms with van der Waals surface area (Å²) in [6.45, 7) is 3.86. The van der Waals surface area contributed by atoms with Crippen LogP contribution in [0.3, 0.4) is 0 Å². The molecule has 0 radical (unpaired) electrons. The van der Waals surface area contributed by atoms with E-state index in [-0.39, 0.29) is 41.0 Å². The van der Waals surface area contributed by atoms with Gasteiger partial charge >= 0.3 is 13.1 Å². The van der Waals surface area contributed by atoms with Crippen molar-refractivity contribution in [1.29, 1.82) is 0 Å². The van der Waals surface area contributed by atoms with Crippen molar-refractivity contribution in [3.05, 3.63) is 28.3 Å². The third-order valence-corrected chi connectivity index (χ3v) is 4.13. The molecular formula is C16H20BClO5. The van der Waals surface area contributed by atoms with Gasteiger partial charge in [0.05, 0.1) is 11.6 Å². The van der Waals surface area contributed by atoms with E-state index in [0.717, 1.165) is 12.0 Å². The molecule has 0 bridgehead atoms. The number of carbonyl (C=O) groups excluding carboxylic acids is 2. The Morgan fingerprint density at radius 1 is 1.43 bits per heavy atom. The molecule has 0 fully saturated rings. The Hall–Kier alpha value is -1.53. The summed E-state index contributed by atoms with van der Waals surface area (Å²) in [5.74, 6) is -0.550. The summed E-state index contributed by atoms with van der Waals surface area (Å²) in [7, 11) is -1.14. The molecular weight excluding hydrogens is 318 g/mol. The smallest absolute Gasteiger partial charge is 0.526 e. The predicted octanol–water partition coefficient (Wildman–Crippen LogP) is 3.06. The number of hydrogen-bond donors (Lipinski definition) is 1. The van der Waals surface area contributed by atoms with Crippen LogP contribution >= 0.6 is 11.6 Å². The van der Waals surface area contributed by atoms with Gasteiger partial charge in [0.25, 0.3) is 0 Å². The van der Waals surface area contributed by atoms with Crippen molar-refractivity contribution in [3.8, 4) is 5.75 Å². The molecule has 1 N–H and O–H groups in total. The zero-order valence-corrected chi connectivity index (χ0v) is 14.1. The van der Waals surface area contributed by atoms with Crippen LogP contribution in [0.4, 0.5) is 0 Å². The van der Waals surface area contributed by atoms with E-state index in [0.29, 0.717) is 12.8 Å². The lowest BCUT2D eigenvalue weighted by Gasteiger charge is -2.28. The van der Waals surface area contributed by atoms with Gasteiger partial charge in [-0.3, -0.25) is 4.79 Å². The van der Waals surface area contributed by atoms with E-state index in [1.165, 1.54) is 0 Å². The third-order valence-electron chi connectivity index (χ3n) is 3.81. The average molecular weight is 339 g/mol. The summed E-state index contributed by atoms with van der Waals surface area (Å²) in [5.41, 5.74) is 0.875. The summed E-state index contributed by atoms with van der Waals surface area (Å²) in [6.07, 6.45) is 1.98. The van der Waals surface area contributed by atoms with E-state index in [1.807, 2.05) is 6.92 Å². The average Bonchev–Trinajstić information content (AvgIpc) is 2.48. The molecule has 0 aromatic heterocycles. The first-order valence-electron chi connectivity index (χ1n) is 7.82. The lowest BCUT2D eigenvalue weighted by atomic mass is 9.64. The Morgan fingerprint density at radius 2 is 2.17 bits per heavy atom. The van der Waals surface area contributed by atoms with Crippen molar-refractivity contribution < 1.29 is 24.0 Å². The highest BCUT2D eigenvalue weighted by Gasteiger charge is 2.38. The van der Waals surface area contributed by atoms with Crippen LogP contribution in [0.2, 0.25) is 10.8 Å². The Labute approximate surface area is 141 Å². The molecule has 0 amide bonds. The van der Waals surface area contributed by atoms with E-state index < -0.39 is 13.1 Å². The number of fused-ring (bicyclic) bond motifs is 1. The van der Waals surface area contributed by atoms with E-state index in [1.54, 1.807) is 19.1 Å². The fourth-order valence-corrected chi connectivity index (χ4v) is 2.96. The highest BCUT2D eigenvalue weighted by molar-refractivity contribution is 6.47. The monoisotopic (exact) mass is 338 g/mol. The molecule has 0 unspecified atom stereocenters. The number of hydrogen-bond acceptors (Lipinski definition) is 5. The molecule has 7 heteroatoms. The SMILES string of the molecule is CCCC(=O)C[C@H]1Cc2ccc(Cl)c(C(=O)OCC)c2OB1O. The molecule has 0 saturated carbocycles. The number of rotatable bonds is 6. The van der Waals surface area contributed by atoms with Crippen molar-refractivity contribution >= 4 is 30.5 Å². The van der Waals surface area contributed by atoms with E-state index in [2.05, 4.69) is 0 Å². The van der Waals surface area contributed by atoms with Gasteiger partial charge in [-0.05, 0) is 31.4 Å². The second-order valence-corrected chi connectivity index (χ2v) is 6.00. The number of benzene rings is 1. The maximum absolute atomic E-state index is 12.1. The first-order chi connectivity index (χ1) is 11.0. The minimum atomic E-state index is -1.14. The van der Waals surface area contributed by atoms with Gasteiger partial charge in [-0.15, -0.1) is 0 Å². The number of esters is 1. The van der Waals surface area contributed by atoms with Crippen LogP contribution < -0.4 is 4.65 Å². The highest BCUT2D eigenvalue weighted by Crippen LogP contribution is 2.39. The van der Waals surface area contributed by atoms with Gasteiger partial charge in [0, 0.05) is 18.7 Å². The van der Waals surface area contributed by atoms with Crippen molar-refractivity contribution in [3.63, 3.8) is 0 Å². The standard InChI is InChI=1S/C16H20BClO5/c1-3-5-12(19)9-11-8-10-6-7-13(18)14(16(20)22-4-2)15(10)23-17(11)21/h6-7,11,21H,3-5,8-9H2,1-2H3/t11-/m1/s1. The second kappa shape index (κ2) is 7.84.